The van der Waals surface area contributed by atoms with Crippen molar-refractivity contribution < 1.29 is 23.6 Å². The monoisotopic (exact) mass is 306 g/mol. The third-order valence-corrected chi connectivity index (χ3v) is 2.75. The zero-order valence-corrected chi connectivity index (χ0v) is 12.9. The lowest BCUT2D eigenvalue weighted by molar-refractivity contribution is -0.139. The molecule has 2 aromatic rings. The number of nitrogens with zero attached hydrogens (tertiary/aromatic N) is 1. The number of hydrogen-bond acceptors (Lipinski definition) is 6. The number of para-hydroxylation sites is 1. The fraction of sp³-hybridized carbons (Fsp3) is 0.400. The molecular formula is C15H18N2O5. The molecule has 0 aliphatic heterocycles. The molecule has 2 rings (SSSR count). The Labute approximate surface area is 127 Å². The number of anilines is 1. The Bertz CT molecular complexity index is 700. The molecule has 0 atom stereocenters. The van der Waals surface area contributed by atoms with E-state index < -0.39 is 17.7 Å². The van der Waals surface area contributed by atoms with Gasteiger partial charge in [0.15, 0.2) is 5.58 Å². The van der Waals surface area contributed by atoms with E-state index in [4.69, 9.17) is 9.26 Å². The Balaban J connectivity index is 2.25. The summed E-state index contributed by atoms with van der Waals surface area (Å²) >= 11 is 0. The van der Waals surface area contributed by atoms with Gasteiger partial charge in [0.2, 0.25) is 0 Å². The minimum atomic E-state index is -0.602. The molecule has 7 heteroatoms. The second-order valence-electron chi connectivity index (χ2n) is 5.69. The van der Waals surface area contributed by atoms with E-state index in [2.05, 4.69) is 15.2 Å². The zero-order valence-electron chi connectivity index (χ0n) is 12.9. The molecule has 1 aromatic heterocycles. The number of fused-ring (bicyclic) bond motifs is 1. The second kappa shape index (κ2) is 6.05. The summed E-state index contributed by atoms with van der Waals surface area (Å²) in [5.41, 5.74) is 0.660. The van der Waals surface area contributed by atoms with Crippen molar-refractivity contribution >= 4 is 28.7 Å². The topological polar surface area (TPSA) is 90.7 Å². The lowest BCUT2D eigenvalue weighted by Crippen LogP contribution is -2.27. The summed E-state index contributed by atoms with van der Waals surface area (Å²) in [6.07, 6.45) is -0.592. The van der Waals surface area contributed by atoms with Crippen molar-refractivity contribution in [2.75, 3.05) is 12.4 Å². The van der Waals surface area contributed by atoms with Crippen molar-refractivity contribution in [3.05, 3.63) is 23.9 Å². The van der Waals surface area contributed by atoms with E-state index in [1.165, 1.54) is 7.11 Å². The average molecular weight is 306 g/mol. The number of ether oxygens (including phenoxy) is 2. The number of carbonyl (C=O) groups is 2. The summed E-state index contributed by atoms with van der Waals surface area (Å²) in [6.45, 7) is 5.32. The summed E-state index contributed by atoms with van der Waals surface area (Å²) in [5.74, 6) is -0.416. The van der Waals surface area contributed by atoms with Crippen LogP contribution in [0.2, 0.25) is 0 Å². The highest BCUT2D eigenvalue weighted by molar-refractivity contribution is 5.98. The molecule has 0 saturated carbocycles. The predicted molar refractivity (Wildman–Crippen MR) is 79.6 cm³/mol. The largest absolute Gasteiger partial charge is 0.469 e. The van der Waals surface area contributed by atoms with Crippen LogP contribution in [-0.2, 0) is 20.7 Å². The number of amides is 1. The molecule has 1 N–H and O–H groups in total. The molecule has 0 spiro atoms. The Morgan fingerprint density at radius 3 is 2.68 bits per heavy atom. The molecule has 118 valence electrons. The number of nitrogens with one attached hydrogen (secondary N) is 1. The molecule has 1 amide bonds. The summed E-state index contributed by atoms with van der Waals surface area (Å²) in [6, 6.07) is 5.15. The molecule has 22 heavy (non-hydrogen) atoms. The lowest BCUT2D eigenvalue weighted by atomic mass is 10.1. The second-order valence-corrected chi connectivity index (χ2v) is 5.69. The number of carbonyl (C=O) groups excluding carboxylic acids is 2. The van der Waals surface area contributed by atoms with E-state index in [1.807, 2.05) is 0 Å². The Morgan fingerprint density at radius 1 is 1.32 bits per heavy atom. The van der Waals surface area contributed by atoms with Gasteiger partial charge in [-0.3, -0.25) is 10.1 Å². The van der Waals surface area contributed by atoms with E-state index in [1.54, 1.807) is 39.0 Å². The van der Waals surface area contributed by atoms with Crippen LogP contribution in [0.5, 0.6) is 0 Å². The average Bonchev–Trinajstić information content (AvgIpc) is 2.81. The SMILES string of the molecule is COC(=O)Cc1noc2c(NC(=O)OC(C)(C)C)cccc12. The lowest BCUT2D eigenvalue weighted by Gasteiger charge is -2.19. The number of methoxy groups -OCH3 is 1. The first-order valence-corrected chi connectivity index (χ1v) is 6.74. The van der Waals surface area contributed by atoms with E-state index >= 15 is 0 Å². The van der Waals surface area contributed by atoms with Gasteiger partial charge in [0.05, 0.1) is 19.2 Å². The standard InChI is InChI=1S/C15H18N2O5/c1-15(2,3)21-14(19)16-10-7-5-6-9-11(8-12(18)20-4)17-22-13(9)10/h5-7H,8H2,1-4H3,(H,16,19). The van der Waals surface area contributed by atoms with Gasteiger partial charge in [-0.15, -0.1) is 0 Å². The highest BCUT2D eigenvalue weighted by atomic mass is 16.6. The zero-order chi connectivity index (χ0) is 16.3. The van der Waals surface area contributed by atoms with E-state index in [0.717, 1.165) is 0 Å². The molecule has 0 fully saturated rings. The third kappa shape index (κ3) is 3.75. The van der Waals surface area contributed by atoms with Crippen LogP contribution >= 0.6 is 0 Å². The summed E-state index contributed by atoms with van der Waals surface area (Å²) in [7, 11) is 1.31. The molecule has 0 bridgehead atoms. The number of hydrogen-bond donors (Lipinski definition) is 1. The van der Waals surface area contributed by atoms with Crippen LogP contribution in [0, 0.1) is 0 Å². The van der Waals surface area contributed by atoms with Crippen molar-refractivity contribution in [2.45, 2.75) is 32.8 Å². The van der Waals surface area contributed by atoms with Crippen molar-refractivity contribution in [3.8, 4) is 0 Å². The normalized spacial score (nSPS) is 11.3. The fourth-order valence-electron chi connectivity index (χ4n) is 1.86. The van der Waals surface area contributed by atoms with E-state index in [-0.39, 0.29) is 6.42 Å². The fourth-order valence-corrected chi connectivity index (χ4v) is 1.86. The molecule has 0 aliphatic carbocycles. The van der Waals surface area contributed by atoms with Gasteiger partial charge < -0.3 is 14.0 Å². The van der Waals surface area contributed by atoms with Crippen LogP contribution < -0.4 is 5.32 Å². The van der Waals surface area contributed by atoms with Crippen molar-refractivity contribution in [2.24, 2.45) is 0 Å². The number of aromatic nitrogens is 1. The van der Waals surface area contributed by atoms with Crippen LogP contribution in [0.15, 0.2) is 22.7 Å². The van der Waals surface area contributed by atoms with Gasteiger partial charge >= 0.3 is 12.1 Å². The molecule has 0 aliphatic rings. The Kier molecular flexibility index (Phi) is 4.35. The van der Waals surface area contributed by atoms with E-state index in [0.29, 0.717) is 22.4 Å². The van der Waals surface area contributed by atoms with Crippen molar-refractivity contribution in [3.63, 3.8) is 0 Å². The smallest absolute Gasteiger partial charge is 0.412 e. The molecule has 0 unspecified atom stereocenters. The highest BCUT2D eigenvalue weighted by Gasteiger charge is 2.19. The molecule has 0 saturated heterocycles. The maximum Gasteiger partial charge on any atom is 0.412 e. The van der Waals surface area contributed by atoms with Gasteiger partial charge in [-0.2, -0.15) is 0 Å². The molecule has 0 radical (unpaired) electrons. The first-order valence-electron chi connectivity index (χ1n) is 6.74. The van der Waals surface area contributed by atoms with Crippen LogP contribution in [0.1, 0.15) is 26.5 Å². The minimum absolute atomic E-state index is 0.000604. The van der Waals surface area contributed by atoms with Gasteiger partial charge in [-0.05, 0) is 32.9 Å². The third-order valence-electron chi connectivity index (χ3n) is 2.75. The first kappa shape index (κ1) is 15.8. The first-order chi connectivity index (χ1) is 10.3. The van der Waals surface area contributed by atoms with Crippen LogP contribution in [-0.4, -0.2) is 29.9 Å². The maximum absolute atomic E-state index is 11.8. The van der Waals surface area contributed by atoms with Crippen LogP contribution in [0.3, 0.4) is 0 Å². The van der Waals surface area contributed by atoms with Gasteiger partial charge in [0.25, 0.3) is 0 Å². The van der Waals surface area contributed by atoms with E-state index in [9.17, 15) is 9.59 Å². The number of benzene rings is 1. The van der Waals surface area contributed by atoms with Gasteiger partial charge in [-0.25, -0.2) is 4.79 Å². The van der Waals surface area contributed by atoms with Gasteiger partial charge in [-0.1, -0.05) is 11.2 Å². The summed E-state index contributed by atoms with van der Waals surface area (Å²) in [5, 5.41) is 7.11. The van der Waals surface area contributed by atoms with Crippen molar-refractivity contribution in [1.29, 1.82) is 0 Å². The quantitative estimate of drug-likeness (QED) is 0.877. The molecule has 1 heterocycles. The van der Waals surface area contributed by atoms with Crippen LogP contribution in [0.4, 0.5) is 10.5 Å². The van der Waals surface area contributed by atoms with Crippen molar-refractivity contribution in [1.82, 2.24) is 5.16 Å². The maximum atomic E-state index is 11.8. The number of esters is 1. The minimum Gasteiger partial charge on any atom is -0.469 e. The van der Waals surface area contributed by atoms with Crippen LogP contribution in [0.25, 0.3) is 11.0 Å². The molecule has 7 nitrogen and oxygen atoms in total. The predicted octanol–water partition coefficient (Wildman–Crippen LogP) is 2.89. The van der Waals surface area contributed by atoms with Gasteiger partial charge in [0, 0.05) is 5.39 Å². The Hall–Kier alpha value is -2.57. The molecule has 1 aromatic carbocycles. The van der Waals surface area contributed by atoms with Gasteiger partial charge in [0.1, 0.15) is 11.3 Å². The molecular weight excluding hydrogens is 288 g/mol. The highest BCUT2D eigenvalue weighted by Crippen LogP contribution is 2.27. The Morgan fingerprint density at radius 2 is 2.05 bits per heavy atom. The summed E-state index contributed by atoms with van der Waals surface area (Å²) < 4.78 is 15.0. The summed E-state index contributed by atoms with van der Waals surface area (Å²) in [4.78, 5) is 23.2. The number of rotatable bonds is 3.